The first kappa shape index (κ1) is 11.4. The maximum absolute atomic E-state index is 5.60. The molecule has 88 valence electrons. The number of nitrogens with two attached hydrogens (primary N) is 1. The molecule has 0 unspecified atom stereocenters. The van der Waals surface area contributed by atoms with Crippen LogP contribution in [0.3, 0.4) is 0 Å². The molecule has 3 heteroatoms. The van der Waals surface area contributed by atoms with Crippen LogP contribution in [0.25, 0.3) is 0 Å². The number of hydrogen-bond donors (Lipinski definition) is 1. The lowest BCUT2D eigenvalue weighted by Crippen LogP contribution is -2.31. The fraction of sp³-hybridized carbons (Fsp3) is 0.615. The van der Waals surface area contributed by atoms with E-state index in [9.17, 15) is 0 Å². The number of pyridine rings is 1. The van der Waals surface area contributed by atoms with Crippen LogP contribution in [0.5, 0.6) is 0 Å². The van der Waals surface area contributed by atoms with Crippen molar-refractivity contribution >= 4 is 5.69 Å². The highest BCUT2D eigenvalue weighted by Gasteiger charge is 2.18. The van der Waals surface area contributed by atoms with E-state index in [1.165, 1.54) is 25.8 Å². The number of nitrogen functional groups attached to an aromatic ring is 1. The summed E-state index contributed by atoms with van der Waals surface area (Å²) in [7, 11) is 2.20. The summed E-state index contributed by atoms with van der Waals surface area (Å²) in [5.74, 6) is 0.948. The van der Waals surface area contributed by atoms with Crippen molar-refractivity contribution in [3.63, 3.8) is 0 Å². The Morgan fingerprint density at radius 3 is 2.81 bits per heavy atom. The quantitative estimate of drug-likeness (QED) is 0.823. The first-order chi connectivity index (χ1) is 7.74. The van der Waals surface area contributed by atoms with Crippen molar-refractivity contribution < 1.29 is 0 Å². The van der Waals surface area contributed by atoms with Gasteiger partial charge >= 0.3 is 0 Å². The van der Waals surface area contributed by atoms with Crippen LogP contribution in [-0.4, -0.2) is 30.0 Å². The summed E-state index contributed by atoms with van der Waals surface area (Å²) in [5.41, 5.74) is 7.48. The minimum absolute atomic E-state index is 0.742. The first-order valence-electron chi connectivity index (χ1n) is 6.13. The van der Waals surface area contributed by atoms with E-state index in [4.69, 9.17) is 5.73 Å². The lowest BCUT2D eigenvalue weighted by atomic mass is 9.85. The molecule has 1 aliphatic carbocycles. The van der Waals surface area contributed by atoms with E-state index < -0.39 is 0 Å². The molecule has 16 heavy (non-hydrogen) atoms. The van der Waals surface area contributed by atoms with Crippen LogP contribution < -0.4 is 5.73 Å². The van der Waals surface area contributed by atoms with Crippen LogP contribution in [0.1, 0.15) is 25.0 Å². The number of anilines is 1. The molecule has 0 aliphatic heterocycles. The molecule has 0 aromatic carbocycles. The first-order valence-corrected chi connectivity index (χ1v) is 6.13. The van der Waals surface area contributed by atoms with Crippen molar-refractivity contribution in [3.8, 4) is 0 Å². The van der Waals surface area contributed by atoms with E-state index in [1.54, 1.807) is 6.20 Å². The van der Waals surface area contributed by atoms with Crippen molar-refractivity contribution in [1.29, 1.82) is 0 Å². The largest absolute Gasteiger partial charge is 0.397 e. The molecule has 0 saturated heterocycles. The Morgan fingerprint density at radius 1 is 1.44 bits per heavy atom. The smallest absolute Gasteiger partial charge is 0.0501 e. The highest BCUT2D eigenvalue weighted by atomic mass is 15.1. The number of aromatic nitrogens is 1. The lowest BCUT2D eigenvalue weighted by molar-refractivity contribution is 0.206. The summed E-state index contributed by atoms with van der Waals surface area (Å²) in [6.45, 7) is 2.34. The number of likely N-dealkylation sites (N-methyl/N-ethyl adjacent to an activating group) is 1. The van der Waals surface area contributed by atoms with Gasteiger partial charge in [-0.15, -0.1) is 0 Å². The molecule has 2 rings (SSSR count). The van der Waals surface area contributed by atoms with Crippen LogP contribution in [0.4, 0.5) is 5.69 Å². The third kappa shape index (κ3) is 3.20. The molecule has 1 fully saturated rings. The average molecular weight is 219 g/mol. The Labute approximate surface area is 97.7 Å². The Kier molecular flexibility index (Phi) is 3.78. The van der Waals surface area contributed by atoms with Crippen molar-refractivity contribution in [2.75, 3.05) is 25.9 Å². The summed E-state index contributed by atoms with van der Waals surface area (Å²) < 4.78 is 0. The van der Waals surface area contributed by atoms with Gasteiger partial charge in [-0.05, 0) is 37.9 Å². The standard InChI is InChI=1S/C13H21N3/c1-16(10-11-3-2-4-11)8-7-13-6-5-12(14)9-15-13/h5-6,9,11H,2-4,7-8,10,14H2,1H3. The van der Waals surface area contributed by atoms with Gasteiger partial charge in [0.05, 0.1) is 11.9 Å². The lowest BCUT2D eigenvalue weighted by Gasteiger charge is -2.30. The molecule has 3 nitrogen and oxygen atoms in total. The Balaban J connectivity index is 1.71. The zero-order valence-corrected chi connectivity index (χ0v) is 10.0. The molecular weight excluding hydrogens is 198 g/mol. The second-order valence-electron chi connectivity index (χ2n) is 4.89. The van der Waals surface area contributed by atoms with E-state index in [-0.39, 0.29) is 0 Å². The SMILES string of the molecule is CN(CCc1ccc(N)cn1)CC1CCC1. The third-order valence-corrected chi connectivity index (χ3v) is 3.39. The molecule has 2 N–H and O–H groups in total. The molecule has 0 atom stereocenters. The van der Waals surface area contributed by atoms with Crippen LogP contribution in [0.2, 0.25) is 0 Å². The van der Waals surface area contributed by atoms with Crippen LogP contribution in [0.15, 0.2) is 18.3 Å². The molecule has 0 bridgehead atoms. The topological polar surface area (TPSA) is 42.1 Å². The van der Waals surface area contributed by atoms with Crippen molar-refractivity contribution in [3.05, 3.63) is 24.0 Å². The highest BCUT2D eigenvalue weighted by molar-refractivity contribution is 5.34. The maximum atomic E-state index is 5.60. The molecule has 1 aromatic heterocycles. The van der Waals surface area contributed by atoms with Crippen LogP contribution >= 0.6 is 0 Å². The third-order valence-electron chi connectivity index (χ3n) is 3.39. The summed E-state index contributed by atoms with van der Waals surface area (Å²) in [6.07, 6.45) is 7.03. The van der Waals surface area contributed by atoms with E-state index in [0.717, 1.165) is 30.3 Å². The molecular formula is C13H21N3. The molecule has 0 spiro atoms. The minimum Gasteiger partial charge on any atom is -0.397 e. The summed E-state index contributed by atoms with van der Waals surface area (Å²) in [4.78, 5) is 6.73. The number of rotatable bonds is 5. The van der Waals surface area contributed by atoms with Gasteiger partial charge in [0.2, 0.25) is 0 Å². The fourth-order valence-electron chi connectivity index (χ4n) is 2.10. The minimum atomic E-state index is 0.742. The molecule has 0 amide bonds. The van der Waals surface area contributed by atoms with Gasteiger partial charge in [-0.1, -0.05) is 6.42 Å². The predicted octanol–water partition coefficient (Wildman–Crippen LogP) is 1.94. The second kappa shape index (κ2) is 5.30. The molecule has 1 saturated carbocycles. The summed E-state index contributed by atoms with van der Waals surface area (Å²) in [6, 6.07) is 3.95. The van der Waals surface area contributed by atoms with Gasteiger partial charge < -0.3 is 10.6 Å². The predicted molar refractivity (Wildman–Crippen MR) is 67.2 cm³/mol. The van der Waals surface area contributed by atoms with E-state index in [1.807, 2.05) is 12.1 Å². The van der Waals surface area contributed by atoms with Gasteiger partial charge in [-0.2, -0.15) is 0 Å². The van der Waals surface area contributed by atoms with Crippen molar-refractivity contribution in [1.82, 2.24) is 9.88 Å². The van der Waals surface area contributed by atoms with E-state index in [0.29, 0.717) is 0 Å². The molecule has 1 aliphatic rings. The highest BCUT2D eigenvalue weighted by Crippen LogP contribution is 2.26. The van der Waals surface area contributed by atoms with E-state index >= 15 is 0 Å². The normalized spacial score (nSPS) is 16.4. The van der Waals surface area contributed by atoms with Crippen molar-refractivity contribution in [2.24, 2.45) is 5.92 Å². The van der Waals surface area contributed by atoms with Gasteiger partial charge in [-0.3, -0.25) is 4.98 Å². The van der Waals surface area contributed by atoms with Crippen molar-refractivity contribution in [2.45, 2.75) is 25.7 Å². The second-order valence-corrected chi connectivity index (χ2v) is 4.89. The maximum Gasteiger partial charge on any atom is 0.0501 e. The zero-order valence-electron chi connectivity index (χ0n) is 10.0. The Hall–Kier alpha value is -1.09. The fourth-order valence-corrected chi connectivity index (χ4v) is 2.10. The van der Waals surface area contributed by atoms with Crippen LogP contribution in [-0.2, 0) is 6.42 Å². The van der Waals surface area contributed by atoms with Gasteiger partial charge in [0, 0.05) is 25.2 Å². The Morgan fingerprint density at radius 2 is 2.25 bits per heavy atom. The zero-order chi connectivity index (χ0) is 11.4. The average Bonchev–Trinajstić information content (AvgIpc) is 2.23. The summed E-state index contributed by atoms with van der Waals surface area (Å²) in [5, 5.41) is 0. The van der Waals surface area contributed by atoms with Gasteiger partial charge in [0.1, 0.15) is 0 Å². The van der Waals surface area contributed by atoms with Gasteiger partial charge in [-0.25, -0.2) is 0 Å². The molecule has 1 heterocycles. The number of nitrogens with zero attached hydrogens (tertiary/aromatic N) is 2. The molecule has 0 radical (unpaired) electrons. The summed E-state index contributed by atoms with van der Waals surface area (Å²) >= 11 is 0. The monoisotopic (exact) mass is 219 g/mol. The van der Waals surface area contributed by atoms with Crippen LogP contribution in [0, 0.1) is 5.92 Å². The Bertz CT molecular complexity index is 316. The van der Waals surface area contributed by atoms with Gasteiger partial charge in [0.25, 0.3) is 0 Å². The van der Waals surface area contributed by atoms with E-state index in [2.05, 4.69) is 16.9 Å². The molecule has 1 aromatic rings. The van der Waals surface area contributed by atoms with Gasteiger partial charge in [0.15, 0.2) is 0 Å². The number of hydrogen-bond acceptors (Lipinski definition) is 3.